The third-order valence-electron chi connectivity index (χ3n) is 10.4. The standard InChI is InChI=1S/C22H27NO4/c1-11-9-20-10-14(24)15-19(2)4-3-5-21(15)16(23-6-7-27-18(19)23)13(20)8-12(11)17(25)22(20,21)26/h12-13,15-16,18,26H,1,3-10H2,2H3/t12-,13-,15-,16-,18+,19+,20+,21+,22+/m1/s1. The molecule has 2 saturated heterocycles. The zero-order chi connectivity index (χ0) is 18.6. The van der Waals surface area contributed by atoms with Crippen LogP contribution >= 0.6 is 0 Å². The molecular weight excluding hydrogens is 342 g/mol. The first-order chi connectivity index (χ1) is 12.8. The lowest BCUT2D eigenvalue weighted by molar-refractivity contribution is -0.269. The van der Waals surface area contributed by atoms with Gasteiger partial charge in [0, 0.05) is 47.1 Å². The van der Waals surface area contributed by atoms with Gasteiger partial charge in [-0.1, -0.05) is 25.5 Å². The Balaban J connectivity index is 1.60. The van der Waals surface area contributed by atoms with E-state index < -0.39 is 16.4 Å². The topological polar surface area (TPSA) is 66.8 Å². The average Bonchev–Trinajstić information content (AvgIpc) is 3.10. The van der Waals surface area contributed by atoms with Gasteiger partial charge in [-0.2, -0.15) is 0 Å². The normalized spacial score (nSPS) is 62.9. The molecule has 8 aliphatic rings. The number of ketones is 2. The number of rotatable bonds is 0. The van der Waals surface area contributed by atoms with Crippen molar-refractivity contribution < 1.29 is 19.4 Å². The number of nitrogens with zero attached hydrogens (tertiary/aromatic N) is 1. The van der Waals surface area contributed by atoms with Crippen LogP contribution in [0.25, 0.3) is 0 Å². The number of fused-ring (bicyclic) bond motifs is 4. The van der Waals surface area contributed by atoms with Crippen LogP contribution < -0.4 is 0 Å². The van der Waals surface area contributed by atoms with Crippen molar-refractivity contribution in [2.75, 3.05) is 13.2 Å². The van der Waals surface area contributed by atoms with Gasteiger partial charge in [-0.05, 0) is 31.6 Å². The van der Waals surface area contributed by atoms with Crippen molar-refractivity contribution in [3.05, 3.63) is 12.2 Å². The molecule has 0 unspecified atom stereocenters. The summed E-state index contributed by atoms with van der Waals surface area (Å²) in [6, 6.07) is 0.0990. The molecule has 1 N–H and O–H groups in total. The highest BCUT2D eigenvalue weighted by Crippen LogP contribution is 2.83. The summed E-state index contributed by atoms with van der Waals surface area (Å²) in [5.74, 6) is 0.0194. The fourth-order valence-electron chi connectivity index (χ4n) is 10.1. The Kier molecular flexibility index (Phi) is 2.42. The summed E-state index contributed by atoms with van der Waals surface area (Å²) in [5.41, 5.74) is -1.93. The molecule has 0 aromatic rings. The first-order valence-corrected chi connectivity index (χ1v) is 10.7. The van der Waals surface area contributed by atoms with E-state index in [1.54, 1.807) is 0 Å². The van der Waals surface area contributed by atoms with Gasteiger partial charge in [-0.25, -0.2) is 0 Å². The molecule has 9 atom stereocenters. The van der Waals surface area contributed by atoms with Crippen LogP contribution in [0.3, 0.4) is 0 Å². The summed E-state index contributed by atoms with van der Waals surface area (Å²) in [6.07, 6.45) is 4.44. The van der Waals surface area contributed by atoms with E-state index in [9.17, 15) is 14.7 Å². The minimum Gasteiger partial charge on any atom is -0.381 e. The summed E-state index contributed by atoms with van der Waals surface area (Å²) < 4.78 is 6.25. The van der Waals surface area contributed by atoms with E-state index >= 15 is 0 Å². The van der Waals surface area contributed by atoms with Crippen LogP contribution in [-0.2, 0) is 14.3 Å². The second-order valence-electron chi connectivity index (χ2n) is 10.8. The highest BCUT2D eigenvalue weighted by atomic mass is 16.5. The maximum atomic E-state index is 13.7. The maximum absolute atomic E-state index is 13.7. The third kappa shape index (κ3) is 1.19. The molecule has 5 heteroatoms. The number of hydrogen-bond donors (Lipinski definition) is 1. The second-order valence-corrected chi connectivity index (χ2v) is 10.8. The van der Waals surface area contributed by atoms with Crippen molar-refractivity contribution in [2.24, 2.45) is 34.0 Å². The molecule has 2 aliphatic heterocycles. The van der Waals surface area contributed by atoms with Crippen molar-refractivity contribution in [2.45, 2.75) is 63.3 Å². The Labute approximate surface area is 159 Å². The smallest absolute Gasteiger partial charge is 0.172 e. The van der Waals surface area contributed by atoms with E-state index in [1.807, 2.05) is 0 Å². The Morgan fingerprint density at radius 2 is 2.07 bits per heavy atom. The van der Waals surface area contributed by atoms with Crippen molar-refractivity contribution in [3.63, 3.8) is 0 Å². The van der Waals surface area contributed by atoms with Crippen LogP contribution in [0.2, 0.25) is 0 Å². The van der Waals surface area contributed by atoms with Gasteiger partial charge >= 0.3 is 0 Å². The van der Waals surface area contributed by atoms with E-state index in [0.29, 0.717) is 19.4 Å². The highest BCUT2D eigenvalue weighted by Gasteiger charge is 2.91. The van der Waals surface area contributed by atoms with Crippen molar-refractivity contribution >= 4 is 11.6 Å². The van der Waals surface area contributed by atoms with Gasteiger partial charge in [-0.15, -0.1) is 0 Å². The fraction of sp³-hybridized carbons (Fsp3) is 0.818. The largest absolute Gasteiger partial charge is 0.381 e. The zero-order valence-electron chi connectivity index (χ0n) is 15.9. The molecule has 0 radical (unpaired) electrons. The lowest BCUT2D eigenvalue weighted by Gasteiger charge is -2.69. The van der Waals surface area contributed by atoms with Gasteiger partial charge in [0.2, 0.25) is 0 Å². The van der Waals surface area contributed by atoms with Gasteiger partial charge < -0.3 is 9.84 Å². The maximum Gasteiger partial charge on any atom is 0.172 e. The molecule has 5 nitrogen and oxygen atoms in total. The van der Waals surface area contributed by atoms with Gasteiger partial charge in [0.25, 0.3) is 0 Å². The van der Waals surface area contributed by atoms with E-state index in [2.05, 4.69) is 18.4 Å². The molecule has 8 fully saturated rings. The summed E-state index contributed by atoms with van der Waals surface area (Å²) in [6.45, 7) is 7.95. The predicted molar refractivity (Wildman–Crippen MR) is 95.5 cm³/mol. The fourth-order valence-corrected chi connectivity index (χ4v) is 10.1. The molecule has 6 aliphatic carbocycles. The van der Waals surface area contributed by atoms with Gasteiger partial charge in [0.05, 0.1) is 6.61 Å². The molecule has 0 aromatic heterocycles. The molecule has 144 valence electrons. The van der Waals surface area contributed by atoms with Crippen LogP contribution in [0.1, 0.15) is 45.4 Å². The van der Waals surface area contributed by atoms with Crippen LogP contribution in [0.15, 0.2) is 12.2 Å². The number of aliphatic hydroxyl groups is 1. The minimum atomic E-state index is -1.35. The quantitative estimate of drug-likeness (QED) is 0.658. The lowest BCUT2D eigenvalue weighted by Crippen LogP contribution is -2.79. The molecule has 0 aromatic carbocycles. The van der Waals surface area contributed by atoms with Gasteiger partial charge in [0.1, 0.15) is 17.6 Å². The molecule has 2 spiro atoms. The second kappa shape index (κ2) is 4.12. The number of carbonyl (C=O) groups excluding carboxylic acids is 2. The molecule has 0 amide bonds. The number of carbonyl (C=O) groups is 2. The summed E-state index contributed by atoms with van der Waals surface area (Å²) in [7, 11) is 0. The molecule has 6 bridgehead atoms. The summed E-state index contributed by atoms with van der Waals surface area (Å²) in [5, 5.41) is 12.4. The Hall–Kier alpha value is -1.04. The van der Waals surface area contributed by atoms with Gasteiger partial charge in [0.15, 0.2) is 5.78 Å². The number of ether oxygens (including phenoxy) is 1. The molecule has 2 heterocycles. The predicted octanol–water partition coefficient (Wildman–Crippen LogP) is 1.69. The van der Waals surface area contributed by atoms with Crippen LogP contribution in [-0.4, -0.2) is 52.6 Å². The lowest BCUT2D eigenvalue weighted by atomic mass is 9.37. The highest BCUT2D eigenvalue weighted by molar-refractivity contribution is 6.01. The molecule has 6 saturated carbocycles. The summed E-state index contributed by atoms with van der Waals surface area (Å²) in [4.78, 5) is 29.9. The number of piperidine rings is 1. The molecule has 27 heavy (non-hydrogen) atoms. The van der Waals surface area contributed by atoms with E-state index in [1.165, 1.54) is 0 Å². The summed E-state index contributed by atoms with van der Waals surface area (Å²) >= 11 is 0. The van der Waals surface area contributed by atoms with Crippen molar-refractivity contribution in [1.29, 1.82) is 0 Å². The molecular formula is C22H27NO4. The van der Waals surface area contributed by atoms with Crippen LogP contribution in [0.4, 0.5) is 0 Å². The minimum absolute atomic E-state index is 0.00202. The first-order valence-electron chi connectivity index (χ1n) is 10.7. The number of allylic oxidation sites excluding steroid dienone is 1. The number of Topliss-reactive ketones (excluding diaryl/α,β-unsaturated/α-hetero) is 2. The van der Waals surface area contributed by atoms with Gasteiger partial charge in [-0.3, -0.25) is 14.5 Å². The van der Waals surface area contributed by atoms with Crippen molar-refractivity contribution in [1.82, 2.24) is 4.90 Å². The average molecular weight is 369 g/mol. The number of hydrogen-bond acceptors (Lipinski definition) is 5. The van der Waals surface area contributed by atoms with E-state index in [0.717, 1.165) is 37.8 Å². The Morgan fingerprint density at radius 3 is 2.89 bits per heavy atom. The zero-order valence-corrected chi connectivity index (χ0v) is 15.9. The van der Waals surface area contributed by atoms with Crippen molar-refractivity contribution in [3.8, 4) is 0 Å². The monoisotopic (exact) mass is 369 g/mol. The SMILES string of the molecule is C=C1C[C@]23CC(=O)[C@@H]4[C@]5(C)CCC[C@@]46[C@@H]([C@H]2C[C@H]1C(=O)[C@]36O)N1CCO[C@H]15. The Bertz CT molecular complexity index is 853. The Morgan fingerprint density at radius 1 is 1.26 bits per heavy atom. The van der Waals surface area contributed by atoms with Crippen LogP contribution in [0, 0.1) is 34.0 Å². The van der Waals surface area contributed by atoms with E-state index in [4.69, 9.17) is 4.74 Å². The van der Waals surface area contributed by atoms with E-state index in [-0.39, 0.29) is 47.0 Å². The first kappa shape index (κ1) is 15.8. The molecule has 8 rings (SSSR count). The third-order valence-corrected chi connectivity index (χ3v) is 10.4. The van der Waals surface area contributed by atoms with Crippen LogP contribution in [0.5, 0.6) is 0 Å².